The lowest BCUT2D eigenvalue weighted by Gasteiger charge is -2.20. The van der Waals surface area contributed by atoms with Crippen molar-refractivity contribution in [2.24, 2.45) is 0 Å². The van der Waals surface area contributed by atoms with E-state index in [2.05, 4.69) is 38.2 Å². The van der Waals surface area contributed by atoms with E-state index in [4.69, 9.17) is 23.6 Å². The van der Waals surface area contributed by atoms with Crippen LogP contribution in [0.4, 0.5) is 0 Å². The van der Waals surface area contributed by atoms with Crippen LogP contribution in [0.15, 0.2) is 24.3 Å². The number of aliphatic hydroxyl groups is 2. The SMILES string of the molecule is CCCC/C=C\CCCCCCCCOCC(COP(=O)(O)OCC(O)CO)OC(=O)CCCCCCC/C=C\CCCCC. The average Bonchev–Trinajstić information content (AvgIpc) is 3.03. The fraction of sp³-hybridized carbons (Fsp3) is 0.857. The first-order valence-corrected chi connectivity index (χ1v) is 19.3. The van der Waals surface area contributed by atoms with Gasteiger partial charge in [0.1, 0.15) is 12.2 Å². The first-order valence-electron chi connectivity index (χ1n) is 17.8. The third-order valence-electron chi connectivity index (χ3n) is 7.36. The second-order valence-corrected chi connectivity index (χ2v) is 13.3. The molecule has 0 aromatic heterocycles. The largest absolute Gasteiger partial charge is 0.472 e. The lowest BCUT2D eigenvalue weighted by Crippen LogP contribution is -2.29. The van der Waals surface area contributed by atoms with Crippen LogP contribution in [0.2, 0.25) is 0 Å². The van der Waals surface area contributed by atoms with E-state index in [0.29, 0.717) is 6.61 Å². The first kappa shape index (κ1) is 43.9. The van der Waals surface area contributed by atoms with Gasteiger partial charge in [-0.2, -0.15) is 0 Å². The normalized spacial score (nSPS) is 14.7. The molecule has 0 bridgehead atoms. The Morgan fingerprint density at radius 2 is 1.16 bits per heavy atom. The van der Waals surface area contributed by atoms with Gasteiger partial charge in [0, 0.05) is 13.0 Å². The highest BCUT2D eigenvalue weighted by molar-refractivity contribution is 7.47. The van der Waals surface area contributed by atoms with Crippen LogP contribution < -0.4 is 0 Å². The molecule has 3 atom stereocenters. The molecule has 0 aromatic rings. The summed E-state index contributed by atoms with van der Waals surface area (Å²) in [6.45, 7) is 3.42. The fourth-order valence-electron chi connectivity index (χ4n) is 4.56. The number of phosphoric ester groups is 1. The van der Waals surface area contributed by atoms with Gasteiger partial charge in [0.05, 0.1) is 26.4 Å². The molecule has 3 N–H and O–H groups in total. The Hall–Kier alpha value is -1.06. The molecule has 0 aliphatic rings. The van der Waals surface area contributed by atoms with Gasteiger partial charge in [-0.1, -0.05) is 109 Å². The van der Waals surface area contributed by atoms with E-state index in [0.717, 1.165) is 64.2 Å². The van der Waals surface area contributed by atoms with E-state index in [1.54, 1.807) is 0 Å². The van der Waals surface area contributed by atoms with Crippen LogP contribution in [0.5, 0.6) is 0 Å². The van der Waals surface area contributed by atoms with Gasteiger partial charge in [-0.05, 0) is 57.8 Å². The minimum Gasteiger partial charge on any atom is -0.457 e. The van der Waals surface area contributed by atoms with Crippen LogP contribution in [0.1, 0.15) is 149 Å². The Bertz CT molecular complexity index is 759. The number of carbonyl (C=O) groups excluding carboxylic acids is 1. The lowest BCUT2D eigenvalue weighted by atomic mass is 10.1. The van der Waals surface area contributed by atoms with E-state index in [-0.39, 0.29) is 19.6 Å². The second kappa shape index (κ2) is 32.9. The van der Waals surface area contributed by atoms with E-state index in [1.165, 1.54) is 64.2 Å². The molecule has 0 heterocycles. The van der Waals surface area contributed by atoms with Crippen LogP contribution >= 0.6 is 7.82 Å². The molecule has 0 saturated carbocycles. The van der Waals surface area contributed by atoms with Crippen molar-refractivity contribution >= 4 is 13.8 Å². The Kier molecular flexibility index (Phi) is 32.1. The van der Waals surface area contributed by atoms with Crippen molar-refractivity contribution in [1.29, 1.82) is 0 Å². The highest BCUT2D eigenvalue weighted by Gasteiger charge is 2.26. The summed E-state index contributed by atoms with van der Waals surface area (Å²) in [4.78, 5) is 22.4. The number of hydrogen-bond donors (Lipinski definition) is 3. The van der Waals surface area contributed by atoms with Crippen molar-refractivity contribution in [3.05, 3.63) is 24.3 Å². The van der Waals surface area contributed by atoms with Crippen molar-refractivity contribution in [2.45, 2.75) is 161 Å². The van der Waals surface area contributed by atoms with Crippen LogP contribution in [-0.2, 0) is 27.9 Å². The first-order chi connectivity index (χ1) is 21.8. The number of unbranched alkanes of at least 4 members (excludes halogenated alkanes) is 16. The van der Waals surface area contributed by atoms with Gasteiger partial charge in [0.25, 0.3) is 0 Å². The van der Waals surface area contributed by atoms with Crippen LogP contribution in [-0.4, -0.2) is 66.3 Å². The van der Waals surface area contributed by atoms with Crippen molar-refractivity contribution in [2.75, 3.05) is 33.0 Å². The third-order valence-corrected chi connectivity index (χ3v) is 8.31. The Morgan fingerprint density at radius 1 is 0.667 bits per heavy atom. The number of aliphatic hydroxyl groups excluding tert-OH is 2. The molecule has 45 heavy (non-hydrogen) atoms. The van der Waals surface area contributed by atoms with Gasteiger partial charge in [-0.25, -0.2) is 4.57 Å². The molecule has 0 aliphatic heterocycles. The lowest BCUT2D eigenvalue weighted by molar-refractivity contribution is -0.154. The number of phosphoric acid groups is 1. The van der Waals surface area contributed by atoms with Crippen LogP contribution in [0, 0.1) is 0 Å². The molecule has 0 amide bonds. The van der Waals surface area contributed by atoms with Crippen LogP contribution in [0.3, 0.4) is 0 Å². The van der Waals surface area contributed by atoms with E-state index >= 15 is 0 Å². The fourth-order valence-corrected chi connectivity index (χ4v) is 5.35. The molecule has 0 aromatic carbocycles. The van der Waals surface area contributed by atoms with E-state index in [1.807, 2.05) is 0 Å². The monoisotopic (exact) mass is 662 g/mol. The van der Waals surface area contributed by atoms with Crippen molar-refractivity contribution in [1.82, 2.24) is 0 Å². The van der Waals surface area contributed by atoms with Crippen molar-refractivity contribution in [3.63, 3.8) is 0 Å². The standard InChI is InChI=1S/C35H67O9P/c1-3-5-7-9-11-13-15-17-19-21-23-25-27-35(38)44-34(32-43-45(39,40)42-30-33(37)29-36)31-41-28-26-24-22-20-18-16-14-12-10-8-6-4-2/h10-13,33-34,36-37H,3-9,14-32H2,1-2H3,(H,39,40)/b12-10-,13-11-. The molecule has 10 heteroatoms. The summed E-state index contributed by atoms with van der Waals surface area (Å²) in [7, 11) is -4.51. The van der Waals surface area contributed by atoms with Crippen LogP contribution in [0.25, 0.3) is 0 Å². The average molecular weight is 663 g/mol. The summed E-state index contributed by atoms with van der Waals surface area (Å²) in [6, 6.07) is 0. The van der Waals surface area contributed by atoms with Gasteiger partial charge >= 0.3 is 13.8 Å². The van der Waals surface area contributed by atoms with Gasteiger partial charge in [-0.3, -0.25) is 13.8 Å². The predicted molar refractivity (Wildman–Crippen MR) is 182 cm³/mol. The Balaban J connectivity index is 4.29. The minimum absolute atomic E-state index is 0.0430. The molecular weight excluding hydrogens is 595 g/mol. The molecule has 3 unspecified atom stereocenters. The summed E-state index contributed by atoms with van der Waals surface area (Å²) in [5.41, 5.74) is 0. The maximum absolute atomic E-state index is 12.5. The van der Waals surface area contributed by atoms with E-state index < -0.39 is 39.2 Å². The second-order valence-electron chi connectivity index (χ2n) is 11.9. The molecular formula is C35H67O9P. The molecule has 266 valence electrons. The molecule has 0 aliphatic carbocycles. The highest BCUT2D eigenvalue weighted by Crippen LogP contribution is 2.43. The maximum Gasteiger partial charge on any atom is 0.472 e. The van der Waals surface area contributed by atoms with E-state index in [9.17, 15) is 19.4 Å². The molecule has 0 radical (unpaired) electrons. The van der Waals surface area contributed by atoms with Gasteiger partial charge < -0.3 is 24.6 Å². The number of carbonyl (C=O) groups is 1. The number of allylic oxidation sites excluding steroid dienone is 4. The van der Waals surface area contributed by atoms with Gasteiger partial charge in [0.2, 0.25) is 0 Å². The summed E-state index contributed by atoms with van der Waals surface area (Å²) in [6.07, 6.45) is 29.9. The molecule has 0 spiro atoms. The molecule has 0 fully saturated rings. The summed E-state index contributed by atoms with van der Waals surface area (Å²) < 4.78 is 33.1. The molecule has 0 saturated heterocycles. The Morgan fingerprint density at radius 3 is 1.73 bits per heavy atom. The summed E-state index contributed by atoms with van der Waals surface area (Å²) >= 11 is 0. The number of hydrogen-bond acceptors (Lipinski definition) is 8. The highest BCUT2D eigenvalue weighted by atomic mass is 31.2. The Labute approximate surface area is 274 Å². The smallest absolute Gasteiger partial charge is 0.457 e. The topological polar surface area (TPSA) is 132 Å². The van der Waals surface area contributed by atoms with Gasteiger partial charge in [0.15, 0.2) is 0 Å². The maximum atomic E-state index is 12.5. The third kappa shape index (κ3) is 32.7. The predicted octanol–water partition coefficient (Wildman–Crippen LogP) is 8.75. The quantitative estimate of drug-likeness (QED) is 0.0268. The molecule has 9 nitrogen and oxygen atoms in total. The summed E-state index contributed by atoms with van der Waals surface area (Å²) in [5, 5.41) is 18.2. The summed E-state index contributed by atoms with van der Waals surface area (Å²) in [5.74, 6) is -0.396. The minimum atomic E-state index is -4.51. The zero-order valence-corrected chi connectivity index (χ0v) is 29.5. The zero-order valence-electron chi connectivity index (χ0n) is 28.6. The van der Waals surface area contributed by atoms with Crippen molar-refractivity contribution in [3.8, 4) is 0 Å². The number of rotatable bonds is 34. The molecule has 0 rings (SSSR count). The van der Waals surface area contributed by atoms with Crippen molar-refractivity contribution < 1.29 is 43.0 Å². The van der Waals surface area contributed by atoms with Gasteiger partial charge in [-0.15, -0.1) is 0 Å². The zero-order chi connectivity index (χ0) is 33.3. The number of esters is 1. The number of ether oxygens (including phenoxy) is 2.